The number of fused-ring (bicyclic) bond motifs is 2. The standard InChI is InChI=1S/C26H25ClFN5/c27-19-7-5-6-18(16-19)23-17-25-29-22-10-3-1-8-20(22)26(33(25)30-23)32-14-12-31(13-15-32)24-11-4-2-9-21(24)28/h2,4-7,9,11,16-17H,1,3,8,10,12-15H2. The number of halogens is 2. The number of aromatic nitrogens is 3. The van der Waals surface area contributed by atoms with Gasteiger partial charge in [-0.2, -0.15) is 9.61 Å². The third kappa shape index (κ3) is 3.72. The first-order chi connectivity index (χ1) is 16.2. The van der Waals surface area contributed by atoms with E-state index in [1.807, 2.05) is 40.9 Å². The average Bonchev–Trinajstić information content (AvgIpc) is 3.27. The van der Waals surface area contributed by atoms with E-state index in [4.69, 9.17) is 21.7 Å². The van der Waals surface area contributed by atoms with Crippen LogP contribution < -0.4 is 9.80 Å². The second-order valence-corrected chi connectivity index (χ2v) is 9.24. The number of rotatable bonds is 3. The molecule has 0 atom stereocenters. The fourth-order valence-corrected chi connectivity index (χ4v) is 5.30. The number of aryl methyl sites for hydroxylation is 1. The van der Waals surface area contributed by atoms with Gasteiger partial charge in [0.2, 0.25) is 0 Å². The quantitative estimate of drug-likeness (QED) is 0.409. The highest BCUT2D eigenvalue weighted by Crippen LogP contribution is 2.33. The zero-order valence-corrected chi connectivity index (χ0v) is 19.1. The number of benzene rings is 2. The Bertz CT molecular complexity index is 1330. The zero-order valence-electron chi connectivity index (χ0n) is 18.3. The highest BCUT2D eigenvalue weighted by molar-refractivity contribution is 6.30. The highest BCUT2D eigenvalue weighted by atomic mass is 35.5. The van der Waals surface area contributed by atoms with E-state index in [0.29, 0.717) is 10.7 Å². The van der Waals surface area contributed by atoms with E-state index in [2.05, 4.69) is 15.9 Å². The molecule has 1 saturated heterocycles. The maximum absolute atomic E-state index is 14.3. The Morgan fingerprint density at radius 1 is 0.848 bits per heavy atom. The van der Waals surface area contributed by atoms with Gasteiger partial charge < -0.3 is 9.80 Å². The summed E-state index contributed by atoms with van der Waals surface area (Å²) in [5, 5.41) is 5.67. The van der Waals surface area contributed by atoms with Gasteiger partial charge in [0.1, 0.15) is 11.6 Å². The van der Waals surface area contributed by atoms with E-state index < -0.39 is 0 Å². The van der Waals surface area contributed by atoms with E-state index in [1.165, 1.54) is 30.2 Å². The molecule has 0 unspecified atom stereocenters. The summed E-state index contributed by atoms with van der Waals surface area (Å²) in [6, 6.07) is 16.9. The molecule has 4 aromatic rings. The molecule has 168 valence electrons. The summed E-state index contributed by atoms with van der Waals surface area (Å²) in [5.74, 6) is 0.990. The minimum atomic E-state index is -0.159. The van der Waals surface area contributed by atoms with Crippen LogP contribution in [0, 0.1) is 5.82 Å². The normalized spacial score (nSPS) is 16.3. The van der Waals surface area contributed by atoms with Gasteiger partial charge in [0, 0.05) is 54.1 Å². The summed E-state index contributed by atoms with van der Waals surface area (Å²) >= 11 is 6.24. The van der Waals surface area contributed by atoms with Crippen molar-refractivity contribution in [2.45, 2.75) is 25.7 Å². The lowest BCUT2D eigenvalue weighted by Gasteiger charge is -2.38. The Hall–Kier alpha value is -3.12. The van der Waals surface area contributed by atoms with E-state index in [1.54, 1.807) is 6.07 Å². The first-order valence-corrected chi connectivity index (χ1v) is 12.0. The summed E-state index contributed by atoms with van der Waals surface area (Å²) in [5.41, 5.74) is 5.92. The van der Waals surface area contributed by atoms with Crippen LogP contribution in [0.2, 0.25) is 5.02 Å². The molecular formula is C26H25ClFN5. The Balaban J connectivity index is 1.39. The van der Waals surface area contributed by atoms with Crippen molar-refractivity contribution in [1.29, 1.82) is 0 Å². The van der Waals surface area contributed by atoms with Crippen molar-refractivity contribution in [2.24, 2.45) is 0 Å². The fraction of sp³-hybridized carbons (Fsp3) is 0.308. The van der Waals surface area contributed by atoms with Gasteiger partial charge in [0.15, 0.2) is 5.65 Å². The average molecular weight is 462 g/mol. The molecule has 0 radical (unpaired) electrons. The zero-order chi connectivity index (χ0) is 22.4. The van der Waals surface area contributed by atoms with Crippen LogP contribution in [-0.2, 0) is 12.8 Å². The topological polar surface area (TPSA) is 36.7 Å². The molecule has 1 aliphatic carbocycles. The molecule has 33 heavy (non-hydrogen) atoms. The van der Waals surface area contributed by atoms with Crippen molar-refractivity contribution < 1.29 is 4.39 Å². The van der Waals surface area contributed by atoms with Crippen LogP contribution in [0.5, 0.6) is 0 Å². The first kappa shape index (κ1) is 20.5. The summed E-state index contributed by atoms with van der Waals surface area (Å²) < 4.78 is 16.3. The summed E-state index contributed by atoms with van der Waals surface area (Å²) in [4.78, 5) is 9.54. The second-order valence-electron chi connectivity index (χ2n) is 8.80. The maximum Gasteiger partial charge on any atom is 0.158 e. The van der Waals surface area contributed by atoms with Gasteiger partial charge in [-0.1, -0.05) is 35.9 Å². The lowest BCUT2D eigenvalue weighted by Crippen LogP contribution is -2.48. The first-order valence-electron chi connectivity index (χ1n) is 11.6. The SMILES string of the molecule is Fc1ccccc1N1CCN(c2c3c(nc4cc(-c5cccc(Cl)c5)nn24)CCCC3)CC1. The van der Waals surface area contributed by atoms with Gasteiger partial charge in [-0.05, 0) is 49.9 Å². The molecule has 0 bridgehead atoms. The lowest BCUT2D eigenvalue weighted by atomic mass is 9.96. The molecule has 0 spiro atoms. The molecule has 0 amide bonds. The number of para-hydroxylation sites is 1. The molecule has 2 aromatic carbocycles. The van der Waals surface area contributed by atoms with E-state index in [-0.39, 0.29) is 5.82 Å². The number of piperazine rings is 1. The fourth-order valence-electron chi connectivity index (χ4n) is 5.11. The predicted molar refractivity (Wildman–Crippen MR) is 131 cm³/mol. The van der Waals surface area contributed by atoms with Crippen LogP contribution in [0.4, 0.5) is 15.9 Å². The number of anilines is 2. The summed E-state index contributed by atoms with van der Waals surface area (Å²) in [7, 11) is 0. The third-order valence-corrected chi connectivity index (χ3v) is 6.98. The molecule has 2 aliphatic rings. The molecule has 0 N–H and O–H groups in total. The summed E-state index contributed by atoms with van der Waals surface area (Å²) in [6.45, 7) is 3.16. The molecular weight excluding hydrogens is 437 g/mol. The monoisotopic (exact) mass is 461 g/mol. The molecule has 2 aromatic heterocycles. The molecule has 0 saturated carbocycles. The molecule has 6 rings (SSSR count). The number of hydrogen-bond donors (Lipinski definition) is 0. The van der Waals surface area contributed by atoms with Crippen molar-refractivity contribution in [3.8, 4) is 11.3 Å². The van der Waals surface area contributed by atoms with Crippen LogP contribution in [0.25, 0.3) is 16.9 Å². The van der Waals surface area contributed by atoms with Crippen molar-refractivity contribution in [1.82, 2.24) is 14.6 Å². The van der Waals surface area contributed by atoms with Crippen LogP contribution in [0.3, 0.4) is 0 Å². The smallest absolute Gasteiger partial charge is 0.158 e. The lowest BCUT2D eigenvalue weighted by molar-refractivity contribution is 0.588. The number of hydrogen-bond acceptors (Lipinski definition) is 4. The number of nitrogens with zero attached hydrogens (tertiary/aromatic N) is 5. The van der Waals surface area contributed by atoms with Gasteiger partial charge in [-0.15, -0.1) is 0 Å². The van der Waals surface area contributed by atoms with Crippen LogP contribution >= 0.6 is 11.6 Å². The third-order valence-electron chi connectivity index (χ3n) is 6.74. The Labute approximate surface area is 197 Å². The van der Waals surface area contributed by atoms with Gasteiger partial charge in [0.05, 0.1) is 11.4 Å². The van der Waals surface area contributed by atoms with Gasteiger partial charge >= 0.3 is 0 Å². The molecule has 1 fully saturated rings. The van der Waals surface area contributed by atoms with Crippen molar-refractivity contribution in [3.63, 3.8) is 0 Å². The van der Waals surface area contributed by atoms with E-state index >= 15 is 0 Å². The Morgan fingerprint density at radius 2 is 1.64 bits per heavy atom. The molecule has 7 heteroatoms. The van der Waals surface area contributed by atoms with Gasteiger partial charge in [0.25, 0.3) is 0 Å². The van der Waals surface area contributed by atoms with Crippen LogP contribution in [0.15, 0.2) is 54.6 Å². The molecule has 1 aliphatic heterocycles. The largest absolute Gasteiger partial charge is 0.366 e. The Kier molecular flexibility index (Phi) is 5.18. The van der Waals surface area contributed by atoms with E-state index in [0.717, 1.165) is 61.7 Å². The van der Waals surface area contributed by atoms with Crippen LogP contribution in [-0.4, -0.2) is 40.8 Å². The second kappa shape index (κ2) is 8.34. The predicted octanol–water partition coefficient (Wildman–Crippen LogP) is 5.39. The van der Waals surface area contributed by atoms with Crippen molar-refractivity contribution >= 4 is 28.8 Å². The summed E-state index contributed by atoms with van der Waals surface area (Å²) in [6.07, 6.45) is 4.37. The van der Waals surface area contributed by atoms with Crippen molar-refractivity contribution in [3.05, 3.63) is 76.7 Å². The minimum absolute atomic E-state index is 0.159. The Morgan fingerprint density at radius 3 is 2.45 bits per heavy atom. The minimum Gasteiger partial charge on any atom is -0.366 e. The van der Waals surface area contributed by atoms with Crippen LogP contribution in [0.1, 0.15) is 24.1 Å². The highest BCUT2D eigenvalue weighted by Gasteiger charge is 2.27. The van der Waals surface area contributed by atoms with Gasteiger partial charge in [-0.3, -0.25) is 0 Å². The molecule has 5 nitrogen and oxygen atoms in total. The maximum atomic E-state index is 14.3. The molecule has 3 heterocycles. The van der Waals surface area contributed by atoms with E-state index in [9.17, 15) is 4.39 Å². The van der Waals surface area contributed by atoms with Gasteiger partial charge in [-0.25, -0.2) is 9.37 Å². The van der Waals surface area contributed by atoms with Crippen molar-refractivity contribution in [2.75, 3.05) is 36.0 Å².